The van der Waals surface area contributed by atoms with E-state index >= 15 is 0 Å². The molecule has 0 saturated heterocycles. The van der Waals surface area contributed by atoms with Gasteiger partial charge in [0.2, 0.25) is 0 Å². The van der Waals surface area contributed by atoms with Crippen molar-refractivity contribution in [2.75, 3.05) is 14.1 Å². The quantitative estimate of drug-likeness (QED) is 0.857. The standard InChI is InChI=1S/C15H24N4O4S/c1-15(2,3)23-14(21)18-24(22,17-13(16)20)12-8-6-11(7-9-12)10-19(4)5/h6-9H,10H2,1-5H3,(H3,16,17,18,20,21,22). The van der Waals surface area contributed by atoms with Crippen LogP contribution in [0, 0.1) is 0 Å². The predicted octanol–water partition coefficient (Wildman–Crippen LogP) is 2.09. The molecule has 3 N–H and O–H groups in total. The first-order valence-corrected chi connectivity index (χ1v) is 8.74. The summed E-state index contributed by atoms with van der Waals surface area (Å²) in [6.07, 6.45) is -0.949. The van der Waals surface area contributed by atoms with Crippen molar-refractivity contribution in [2.24, 2.45) is 10.1 Å². The number of carbonyl (C=O) groups excluding carboxylic acids is 2. The molecule has 1 atom stereocenters. The molecule has 1 rings (SSSR count). The predicted molar refractivity (Wildman–Crippen MR) is 91.6 cm³/mol. The summed E-state index contributed by atoms with van der Waals surface area (Å²) in [5.41, 5.74) is 5.22. The molecule has 0 aliphatic carbocycles. The summed E-state index contributed by atoms with van der Waals surface area (Å²) in [7, 11) is 0.269. The van der Waals surface area contributed by atoms with E-state index in [1.165, 1.54) is 12.1 Å². The molecule has 134 valence electrons. The van der Waals surface area contributed by atoms with Gasteiger partial charge < -0.3 is 15.4 Å². The van der Waals surface area contributed by atoms with Crippen LogP contribution < -0.4 is 10.5 Å². The Morgan fingerprint density at radius 1 is 1.25 bits per heavy atom. The fraction of sp³-hybridized carbons (Fsp3) is 0.467. The number of hydrogen-bond acceptors (Lipinski definition) is 5. The van der Waals surface area contributed by atoms with Crippen LogP contribution in [-0.4, -0.2) is 40.9 Å². The van der Waals surface area contributed by atoms with Gasteiger partial charge in [0.05, 0.1) is 4.90 Å². The Kier molecular flexibility index (Phi) is 6.33. The Bertz CT molecular complexity index is 714. The van der Waals surface area contributed by atoms with Crippen molar-refractivity contribution in [2.45, 2.75) is 37.8 Å². The van der Waals surface area contributed by atoms with Gasteiger partial charge in [-0.25, -0.2) is 18.5 Å². The van der Waals surface area contributed by atoms with Crippen LogP contribution in [0.1, 0.15) is 26.3 Å². The highest BCUT2D eigenvalue weighted by atomic mass is 32.2. The number of primary amides is 1. The summed E-state index contributed by atoms with van der Waals surface area (Å²) in [5.74, 6) is 0. The first kappa shape index (κ1) is 19.9. The molecule has 0 heterocycles. The van der Waals surface area contributed by atoms with Crippen molar-refractivity contribution in [3.8, 4) is 0 Å². The lowest BCUT2D eigenvalue weighted by Gasteiger charge is -2.20. The third-order valence-corrected chi connectivity index (χ3v) is 4.37. The Hall–Kier alpha value is -2.13. The van der Waals surface area contributed by atoms with Crippen LogP contribution in [0.4, 0.5) is 9.59 Å². The number of nitrogens with one attached hydrogen (secondary N) is 1. The van der Waals surface area contributed by atoms with Crippen molar-refractivity contribution in [1.82, 2.24) is 9.62 Å². The van der Waals surface area contributed by atoms with E-state index in [1.54, 1.807) is 32.9 Å². The van der Waals surface area contributed by atoms with Gasteiger partial charge in [-0.15, -0.1) is 4.36 Å². The Morgan fingerprint density at radius 3 is 2.21 bits per heavy atom. The molecule has 0 aliphatic rings. The lowest BCUT2D eigenvalue weighted by atomic mass is 10.2. The van der Waals surface area contributed by atoms with Gasteiger partial charge in [0, 0.05) is 6.54 Å². The van der Waals surface area contributed by atoms with E-state index in [0.29, 0.717) is 6.54 Å². The number of nitrogens with zero attached hydrogens (tertiary/aromatic N) is 2. The number of amides is 3. The van der Waals surface area contributed by atoms with Crippen molar-refractivity contribution in [3.05, 3.63) is 29.8 Å². The molecule has 0 spiro atoms. The second-order valence-corrected chi connectivity index (χ2v) is 8.35. The van der Waals surface area contributed by atoms with Gasteiger partial charge in [0.1, 0.15) is 5.60 Å². The third-order valence-electron chi connectivity index (χ3n) is 2.58. The normalized spacial score (nSPS) is 13.9. The van der Waals surface area contributed by atoms with E-state index in [2.05, 4.69) is 9.08 Å². The summed E-state index contributed by atoms with van der Waals surface area (Å²) in [4.78, 5) is 25.2. The summed E-state index contributed by atoms with van der Waals surface area (Å²) in [6, 6.07) is 5.40. The van der Waals surface area contributed by atoms with Crippen molar-refractivity contribution < 1.29 is 18.5 Å². The zero-order valence-corrected chi connectivity index (χ0v) is 15.3. The zero-order valence-electron chi connectivity index (χ0n) is 14.5. The van der Waals surface area contributed by atoms with Crippen LogP contribution in [-0.2, 0) is 21.2 Å². The smallest absolute Gasteiger partial charge is 0.420 e. The second kappa shape index (κ2) is 7.63. The van der Waals surface area contributed by atoms with Crippen molar-refractivity contribution in [3.63, 3.8) is 0 Å². The highest BCUT2D eigenvalue weighted by Crippen LogP contribution is 2.15. The Balaban J connectivity index is 3.15. The van der Waals surface area contributed by atoms with Gasteiger partial charge >= 0.3 is 12.1 Å². The minimum absolute atomic E-state index is 0.162. The van der Waals surface area contributed by atoms with E-state index in [0.717, 1.165) is 5.56 Å². The number of urea groups is 1. The van der Waals surface area contributed by atoms with Crippen molar-refractivity contribution in [1.29, 1.82) is 0 Å². The van der Waals surface area contributed by atoms with Gasteiger partial charge in [-0.2, -0.15) is 0 Å². The average molecular weight is 356 g/mol. The molecule has 0 aliphatic heterocycles. The van der Waals surface area contributed by atoms with Crippen LogP contribution in [0.15, 0.2) is 33.5 Å². The molecule has 9 heteroatoms. The van der Waals surface area contributed by atoms with Crippen LogP contribution >= 0.6 is 0 Å². The number of benzene rings is 1. The molecule has 1 aromatic rings. The Morgan fingerprint density at radius 2 is 1.79 bits per heavy atom. The monoisotopic (exact) mass is 356 g/mol. The van der Waals surface area contributed by atoms with Crippen molar-refractivity contribution >= 4 is 22.0 Å². The fourth-order valence-electron chi connectivity index (χ4n) is 1.82. The molecule has 0 fully saturated rings. The topological polar surface area (TPSA) is 114 Å². The maximum Gasteiger partial charge on any atom is 0.420 e. The summed E-state index contributed by atoms with van der Waals surface area (Å²) >= 11 is 0. The molecule has 24 heavy (non-hydrogen) atoms. The van der Waals surface area contributed by atoms with E-state index in [9.17, 15) is 13.8 Å². The molecular weight excluding hydrogens is 332 g/mol. The van der Waals surface area contributed by atoms with E-state index in [-0.39, 0.29) is 4.90 Å². The molecule has 0 aromatic heterocycles. The third kappa shape index (κ3) is 6.55. The van der Waals surface area contributed by atoms with Gasteiger partial charge in [0.15, 0.2) is 9.92 Å². The lowest BCUT2D eigenvalue weighted by Crippen LogP contribution is -2.36. The highest BCUT2D eigenvalue weighted by molar-refractivity contribution is 7.92. The summed E-state index contributed by atoms with van der Waals surface area (Å²) < 4.78 is 23.5. The summed E-state index contributed by atoms with van der Waals surface area (Å²) in [5, 5.41) is 0. The molecule has 0 bridgehead atoms. The number of rotatable bonds is 4. The van der Waals surface area contributed by atoms with Gasteiger partial charge in [-0.1, -0.05) is 12.1 Å². The van der Waals surface area contributed by atoms with Gasteiger partial charge in [-0.05, 0) is 52.6 Å². The SMILES string of the molecule is CN(C)Cc1ccc(S(=O)(=NC(N)=O)NC(=O)OC(C)(C)C)cc1. The summed E-state index contributed by atoms with van der Waals surface area (Å²) in [6.45, 7) is 5.68. The average Bonchev–Trinajstić information content (AvgIpc) is 2.34. The van der Waals surface area contributed by atoms with Crippen LogP contribution in [0.25, 0.3) is 0 Å². The minimum Gasteiger partial charge on any atom is -0.443 e. The molecule has 0 radical (unpaired) electrons. The van der Waals surface area contributed by atoms with Gasteiger partial charge in [0.25, 0.3) is 0 Å². The zero-order chi connectivity index (χ0) is 18.5. The van der Waals surface area contributed by atoms with Crippen LogP contribution in [0.2, 0.25) is 0 Å². The van der Waals surface area contributed by atoms with Gasteiger partial charge in [-0.3, -0.25) is 0 Å². The molecule has 8 nitrogen and oxygen atoms in total. The first-order chi connectivity index (χ1) is 10.9. The Labute approximate surface area is 142 Å². The molecule has 3 amide bonds. The highest BCUT2D eigenvalue weighted by Gasteiger charge is 2.22. The van der Waals surface area contributed by atoms with E-state index in [1.807, 2.05) is 19.0 Å². The van der Waals surface area contributed by atoms with Crippen LogP contribution in [0.5, 0.6) is 0 Å². The molecule has 0 saturated carbocycles. The van der Waals surface area contributed by atoms with E-state index < -0.39 is 27.6 Å². The van der Waals surface area contributed by atoms with Crippen LogP contribution in [0.3, 0.4) is 0 Å². The maximum atomic E-state index is 12.9. The first-order valence-electron chi connectivity index (χ1n) is 7.22. The maximum absolute atomic E-state index is 12.9. The largest absolute Gasteiger partial charge is 0.443 e. The number of ether oxygens (including phenoxy) is 1. The number of nitrogens with two attached hydrogens (primary N) is 1. The molecule has 1 aromatic carbocycles. The number of hydrogen-bond donors (Lipinski definition) is 2. The minimum atomic E-state index is -3.57. The molecule has 1 unspecified atom stereocenters. The second-order valence-electron chi connectivity index (χ2n) is 6.44. The number of carbonyl (C=O) groups is 2. The van der Waals surface area contributed by atoms with E-state index in [4.69, 9.17) is 10.5 Å². The molecular formula is C15H24N4O4S. The fourth-order valence-corrected chi connectivity index (χ4v) is 3.11. The lowest BCUT2D eigenvalue weighted by molar-refractivity contribution is 0.0571.